The second kappa shape index (κ2) is 6.71. The van der Waals surface area contributed by atoms with E-state index in [2.05, 4.69) is 5.32 Å². The van der Waals surface area contributed by atoms with E-state index in [1.54, 1.807) is 13.8 Å². The van der Waals surface area contributed by atoms with Crippen molar-refractivity contribution in [3.05, 3.63) is 20.4 Å². The number of hydrogen-bond acceptors (Lipinski definition) is 7. The Morgan fingerprint density at radius 2 is 1.86 bits per heavy atom. The molecule has 21 heavy (non-hydrogen) atoms. The van der Waals surface area contributed by atoms with Crippen molar-refractivity contribution in [2.75, 3.05) is 17.5 Å². The fourth-order valence-electron chi connectivity index (χ4n) is 1.94. The molecule has 7 heteroatoms. The van der Waals surface area contributed by atoms with Gasteiger partial charge in [0, 0.05) is 0 Å². The summed E-state index contributed by atoms with van der Waals surface area (Å²) in [5.74, 6) is -0.613. The van der Waals surface area contributed by atoms with Crippen LogP contribution < -0.4 is 21.2 Å². The molecule has 7 nitrogen and oxygen atoms in total. The van der Waals surface area contributed by atoms with Crippen LogP contribution in [-0.4, -0.2) is 30.4 Å². The van der Waals surface area contributed by atoms with Crippen molar-refractivity contribution in [1.29, 1.82) is 0 Å². The Morgan fingerprint density at radius 1 is 1.29 bits per heavy atom. The smallest absolute Gasteiger partial charge is 0.328 e. The minimum atomic E-state index is -0.763. The van der Waals surface area contributed by atoms with E-state index in [1.165, 1.54) is 7.11 Å². The van der Waals surface area contributed by atoms with Crippen molar-refractivity contribution < 1.29 is 14.7 Å². The summed E-state index contributed by atoms with van der Waals surface area (Å²) in [6, 6.07) is -1.11. The number of hydrogen-bond donors (Lipinski definition) is 2. The van der Waals surface area contributed by atoms with E-state index < -0.39 is 22.9 Å². The molecule has 0 fully saturated rings. The molecule has 1 aromatic rings. The molecule has 0 unspecified atom stereocenters. The van der Waals surface area contributed by atoms with E-state index in [0.717, 1.165) is 5.06 Å². The molecule has 1 aromatic carbocycles. The Kier molecular flexibility index (Phi) is 5.48. The van der Waals surface area contributed by atoms with Crippen molar-refractivity contribution in [2.24, 2.45) is 5.92 Å². The SMILES string of the molecule is CC[C@H](C)[C@H](Nc1c(N(O)C(C)C)c(=O)c1=O)C(=O)OC. The van der Waals surface area contributed by atoms with Crippen molar-refractivity contribution >= 4 is 17.3 Å². The lowest BCUT2D eigenvalue weighted by Crippen LogP contribution is -2.47. The molecule has 0 spiro atoms. The molecular formula is C14H22N2O5. The first-order valence-electron chi connectivity index (χ1n) is 6.91. The number of carbonyl (C=O) groups excluding carboxylic acids is 1. The molecule has 0 bridgehead atoms. The Bertz CT molecular complexity index is 574. The summed E-state index contributed by atoms with van der Waals surface area (Å²) in [5.41, 5.74) is -1.64. The maximum atomic E-state index is 11.8. The number of hydroxylamine groups is 1. The summed E-state index contributed by atoms with van der Waals surface area (Å²) in [5, 5.41) is 13.3. The van der Waals surface area contributed by atoms with Crippen LogP contribution in [-0.2, 0) is 9.53 Å². The lowest BCUT2D eigenvalue weighted by Gasteiger charge is -2.28. The second-order valence-electron chi connectivity index (χ2n) is 5.35. The van der Waals surface area contributed by atoms with Gasteiger partial charge in [-0.15, -0.1) is 0 Å². The molecule has 1 rings (SSSR count). The highest BCUT2D eigenvalue weighted by Gasteiger charge is 2.32. The normalized spacial score (nSPS) is 14.0. The van der Waals surface area contributed by atoms with Crippen LogP contribution in [0.4, 0.5) is 11.4 Å². The van der Waals surface area contributed by atoms with Gasteiger partial charge in [0.05, 0.1) is 13.2 Å². The van der Waals surface area contributed by atoms with Gasteiger partial charge in [0.15, 0.2) is 0 Å². The molecule has 0 saturated heterocycles. The number of nitrogens with zero attached hydrogens (tertiary/aromatic N) is 1. The zero-order valence-electron chi connectivity index (χ0n) is 13.0. The molecule has 2 N–H and O–H groups in total. The van der Waals surface area contributed by atoms with E-state index in [1.807, 2.05) is 13.8 Å². The number of esters is 1. The van der Waals surface area contributed by atoms with E-state index >= 15 is 0 Å². The first-order chi connectivity index (χ1) is 9.76. The third-order valence-electron chi connectivity index (χ3n) is 3.57. The van der Waals surface area contributed by atoms with E-state index in [4.69, 9.17) is 4.74 Å². The lowest BCUT2D eigenvalue weighted by atomic mass is 9.98. The van der Waals surface area contributed by atoms with Gasteiger partial charge in [-0.3, -0.25) is 14.8 Å². The molecule has 0 aliphatic carbocycles. The van der Waals surface area contributed by atoms with Crippen LogP contribution in [0.25, 0.3) is 0 Å². The number of nitrogens with one attached hydrogen (secondary N) is 1. The topological polar surface area (TPSA) is 95.9 Å². The van der Waals surface area contributed by atoms with Gasteiger partial charge in [0.1, 0.15) is 17.4 Å². The molecule has 0 amide bonds. The van der Waals surface area contributed by atoms with Crippen LogP contribution in [0.2, 0.25) is 0 Å². The number of carbonyl (C=O) groups is 1. The molecular weight excluding hydrogens is 276 g/mol. The average molecular weight is 298 g/mol. The van der Waals surface area contributed by atoms with Crippen molar-refractivity contribution in [3.8, 4) is 0 Å². The van der Waals surface area contributed by atoms with Gasteiger partial charge in [-0.25, -0.2) is 9.86 Å². The summed E-state index contributed by atoms with van der Waals surface area (Å²) >= 11 is 0. The molecule has 0 aromatic heterocycles. The predicted molar refractivity (Wildman–Crippen MR) is 79.6 cm³/mol. The fraction of sp³-hybridized carbons (Fsp3) is 0.643. The Labute approximate surface area is 123 Å². The standard InChI is InChI=1S/C14H22N2O5/c1-6-8(4)9(14(19)21-5)15-10-11(13(18)12(10)17)16(20)7(2)3/h7-9,15,20H,6H2,1-5H3/t8-,9-/m0/s1. The van der Waals surface area contributed by atoms with Crippen LogP contribution in [0.15, 0.2) is 9.59 Å². The average Bonchev–Trinajstić information content (AvgIpc) is 2.48. The minimum Gasteiger partial charge on any atom is -0.467 e. The third kappa shape index (κ3) is 3.24. The first kappa shape index (κ1) is 17.2. The zero-order valence-corrected chi connectivity index (χ0v) is 13.0. The molecule has 2 atom stereocenters. The number of anilines is 2. The molecule has 0 aliphatic rings. The van der Waals surface area contributed by atoms with Gasteiger partial charge in [-0.05, 0) is 19.8 Å². The summed E-state index contributed by atoms with van der Waals surface area (Å²) in [4.78, 5) is 35.1. The van der Waals surface area contributed by atoms with Crippen LogP contribution in [0.3, 0.4) is 0 Å². The summed E-state index contributed by atoms with van der Waals surface area (Å²) in [7, 11) is 1.26. The van der Waals surface area contributed by atoms with Crippen molar-refractivity contribution in [3.63, 3.8) is 0 Å². The Hall–Kier alpha value is -1.89. The van der Waals surface area contributed by atoms with E-state index in [-0.39, 0.29) is 23.3 Å². The van der Waals surface area contributed by atoms with Crippen molar-refractivity contribution in [2.45, 2.75) is 46.2 Å². The highest BCUT2D eigenvalue weighted by atomic mass is 16.5. The zero-order chi connectivity index (χ0) is 16.3. The van der Waals surface area contributed by atoms with Gasteiger partial charge in [0.2, 0.25) is 0 Å². The monoisotopic (exact) mass is 298 g/mol. The van der Waals surface area contributed by atoms with Crippen LogP contribution in [0.5, 0.6) is 0 Å². The molecule has 118 valence electrons. The second-order valence-corrected chi connectivity index (χ2v) is 5.35. The summed E-state index contributed by atoms with van der Waals surface area (Å²) in [6.45, 7) is 7.08. The van der Waals surface area contributed by atoms with Gasteiger partial charge >= 0.3 is 5.97 Å². The largest absolute Gasteiger partial charge is 0.467 e. The molecule has 0 radical (unpaired) electrons. The Morgan fingerprint density at radius 3 is 2.29 bits per heavy atom. The number of ether oxygens (including phenoxy) is 1. The number of rotatable bonds is 7. The summed E-state index contributed by atoms with van der Waals surface area (Å²) < 4.78 is 4.71. The molecule has 0 heterocycles. The predicted octanol–water partition coefficient (Wildman–Crippen LogP) is 0.886. The van der Waals surface area contributed by atoms with E-state index in [9.17, 15) is 19.6 Å². The third-order valence-corrected chi connectivity index (χ3v) is 3.57. The van der Waals surface area contributed by atoms with Gasteiger partial charge < -0.3 is 10.1 Å². The maximum absolute atomic E-state index is 11.8. The summed E-state index contributed by atoms with van der Waals surface area (Å²) in [6.07, 6.45) is 0.685. The fourth-order valence-corrected chi connectivity index (χ4v) is 1.94. The highest BCUT2D eigenvalue weighted by Crippen LogP contribution is 2.23. The van der Waals surface area contributed by atoms with Crippen LogP contribution in [0, 0.1) is 5.92 Å². The minimum absolute atomic E-state index is 0.0353. The van der Waals surface area contributed by atoms with Crippen LogP contribution in [0.1, 0.15) is 34.1 Å². The lowest BCUT2D eigenvalue weighted by molar-refractivity contribution is -0.142. The van der Waals surface area contributed by atoms with Gasteiger partial charge in [0.25, 0.3) is 10.9 Å². The quantitative estimate of drug-likeness (QED) is 0.438. The Balaban J connectivity index is 3.11. The molecule has 0 saturated carbocycles. The van der Waals surface area contributed by atoms with Gasteiger partial charge in [-0.1, -0.05) is 20.3 Å². The maximum Gasteiger partial charge on any atom is 0.328 e. The first-order valence-corrected chi connectivity index (χ1v) is 6.91. The highest BCUT2D eigenvalue weighted by molar-refractivity contribution is 5.83. The van der Waals surface area contributed by atoms with E-state index in [0.29, 0.717) is 6.42 Å². The van der Waals surface area contributed by atoms with Gasteiger partial charge in [-0.2, -0.15) is 0 Å². The molecule has 0 aliphatic heterocycles. The van der Waals surface area contributed by atoms with Crippen LogP contribution >= 0.6 is 0 Å². The number of methoxy groups -OCH3 is 1. The van der Waals surface area contributed by atoms with Crippen molar-refractivity contribution in [1.82, 2.24) is 0 Å².